The van der Waals surface area contributed by atoms with Crippen molar-refractivity contribution in [3.05, 3.63) is 45.8 Å². The Kier molecular flexibility index (Phi) is 2.83. The number of thiol groups is 1. The first kappa shape index (κ1) is 11.0. The summed E-state index contributed by atoms with van der Waals surface area (Å²) in [5, 5.41) is 0.747. The van der Waals surface area contributed by atoms with Gasteiger partial charge in [0.25, 0.3) is 0 Å². The summed E-state index contributed by atoms with van der Waals surface area (Å²) in [6.45, 7) is 1.35. The van der Waals surface area contributed by atoms with Gasteiger partial charge < -0.3 is 4.42 Å². The van der Waals surface area contributed by atoms with Crippen LogP contribution in [0.25, 0.3) is 11.0 Å². The molecule has 1 aromatic heterocycles. The number of carbonyl (C=O) groups excluding carboxylic acids is 1. The molecule has 0 saturated carbocycles. The van der Waals surface area contributed by atoms with Crippen LogP contribution in [0, 0.1) is 0 Å². The van der Waals surface area contributed by atoms with E-state index in [2.05, 4.69) is 12.6 Å². The van der Waals surface area contributed by atoms with Crippen LogP contribution in [-0.4, -0.2) is 5.78 Å². The largest absolute Gasteiger partial charge is 0.422 e. The molecule has 0 bridgehead atoms. The van der Waals surface area contributed by atoms with Gasteiger partial charge in [0, 0.05) is 11.1 Å². The fourth-order valence-electron chi connectivity index (χ4n) is 1.52. The summed E-state index contributed by atoms with van der Waals surface area (Å²) in [7, 11) is 0. The lowest BCUT2D eigenvalue weighted by molar-refractivity contribution is 0.101. The molecule has 3 nitrogen and oxygen atoms in total. The molecule has 0 N–H and O–H groups in total. The second-order valence-corrected chi connectivity index (χ2v) is 3.85. The minimum atomic E-state index is -0.585. The number of hydrogen-bond donors (Lipinski definition) is 1. The first-order chi connectivity index (χ1) is 7.61. The van der Waals surface area contributed by atoms with E-state index in [1.807, 2.05) is 12.1 Å². The fraction of sp³-hybridized carbons (Fsp3) is 0.167. The van der Waals surface area contributed by atoms with Gasteiger partial charge in [-0.15, -0.1) is 0 Å². The van der Waals surface area contributed by atoms with Crippen molar-refractivity contribution >= 4 is 29.4 Å². The molecule has 0 aliphatic heterocycles. The summed E-state index contributed by atoms with van der Waals surface area (Å²) in [6, 6.07) is 6.98. The smallest absolute Gasteiger partial charge is 0.347 e. The molecule has 0 amide bonds. The Bertz CT molecular complexity index is 613. The number of fused-ring (bicyclic) bond motifs is 1. The first-order valence-corrected chi connectivity index (χ1v) is 5.43. The standard InChI is InChI=1S/C12H10O3S/c1-7(13)10-5-9-4-8(6-16)2-3-11(9)15-12(10)14/h2-5,16H,6H2,1H3. The maximum absolute atomic E-state index is 11.4. The van der Waals surface area contributed by atoms with E-state index in [-0.39, 0.29) is 11.3 Å². The van der Waals surface area contributed by atoms with Crippen LogP contribution in [0.3, 0.4) is 0 Å². The maximum Gasteiger partial charge on any atom is 0.347 e. The molecule has 2 aromatic rings. The van der Waals surface area contributed by atoms with Crippen molar-refractivity contribution in [3.8, 4) is 0 Å². The van der Waals surface area contributed by atoms with Crippen molar-refractivity contribution in [2.75, 3.05) is 0 Å². The predicted octanol–water partition coefficient (Wildman–Crippen LogP) is 2.43. The average molecular weight is 234 g/mol. The molecular weight excluding hydrogens is 224 g/mol. The Hall–Kier alpha value is -1.55. The Morgan fingerprint density at radius 1 is 1.38 bits per heavy atom. The summed E-state index contributed by atoms with van der Waals surface area (Å²) in [5.74, 6) is 0.316. The Labute approximate surface area is 97.5 Å². The van der Waals surface area contributed by atoms with E-state index in [0.717, 1.165) is 10.9 Å². The quantitative estimate of drug-likeness (QED) is 0.493. The van der Waals surface area contributed by atoms with Gasteiger partial charge in [-0.25, -0.2) is 4.79 Å². The molecule has 0 aliphatic rings. The van der Waals surface area contributed by atoms with E-state index in [9.17, 15) is 9.59 Å². The molecule has 0 unspecified atom stereocenters. The Morgan fingerprint density at radius 3 is 2.75 bits per heavy atom. The fourth-order valence-corrected chi connectivity index (χ4v) is 1.71. The molecule has 1 heterocycles. The molecule has 2 rings (SSSR count). The molecule has 0 aliphatic carbocycles. The maximum atomic E-state index is 11.4. The van der Waals surface area contributed by atoms with E-state index in [1.54, 1.807) is 12.1 Å². The predicted molar refractivity (Wildman–Crippen MR) is 65.2 cm³/mol. The van der Waals surface area contributed by atoms with E-state index in [1.165, 1.54) is 6.92 Å². The highest BCUT2D eigenvalue weighted by Gasteiger charge is 2.09. The lowest BCUT2D eigenvalue weighted by atomic mass is 10.1. The van der Waals surface area contributed by atoms with Crippen LogP contribution in [0.2, 0.25) is 0 Å². The molecule has 0 spiro atoms. The van der Waals surface area contributed by atoms with Gasteiger partial charge in [-0.1, -0.05) is 6.07 Å². The van der Waals surface area contributed by atoms with Gasteiger partial charge >= 0.3 is 5.63 Å². The SMILES string of the molecule is CC(=O)c1cc2cc(CS)ccc2oc1=O. The molecule has 1 aromatic carbocycles. The third-order valence-electron chi connectivity index (χ3n) is 2.36. The zero-order chi connectivity index (χ0) is 11.7. The van der Waals surface area contributed by atoms with Crippen LogP contribution in [0.1, 0.15) is 22.8 Å². The highest BCUT2D eigenvalue weighted by Crippen LogP contribution is 2.16. The van der Waals surface area contributed by atoms with Crippen LogP contribution in [0.4, 0.5) is 0 Å². The highest BCUT2D eigenvalue weighted by atomic mass is 32.1. The number of ketones is 1. The van der Waals surface area contributed by atoms with E-state index >= 15 is 0 Å². The van der Waals surface area contributed by atoms with Crippen molar-refractivity contribution in [2.45, 2.75) is 12.7 Å². The van der Waals surface area contributed by atoms with Crippen LogP contribution in [-0.2, 0) is 5.75 Å². The van der Waals surface area contributed by atoms with Gasteiger partial charge in [-0.2, -0.15) is 12.6 Å². The Morgan fingerprint density at radius 2 is 2.12 bits per heavy atom. The zero-order valence-corrected chi connectivity index (χ0v) is 9.58. The first-order valence-electron chi connectivity index (χ1n) is 4.80. The second kappa shape index (κ2) is 4.14. The number of hydrogen-bond acceptors (Lipinski definition) is 4. The highest BCUT2D eigenvalue weighted by molar-refractivity contribution is 7.79. The molecule has 4 heteroatoms. The van der Waals surface area contributed by atoms with Gasteiger partial charge in [0.2, 0.25) is 0 Å². The molecular formula is C12H10O3S. The van der Waals surface area contributed by atoms with Gasteiger partial charge in [-0.3, -0.25) is 4.79 Å². The summed E-state index contributed by atoms with van der Waals surface area (Å²) >= 11 is 4.16. The normalized spacial score (nSPS) is 10.6. The number of carbonyl (C=O) groups is 1. The number of benzene rings is 1. The zero-order valence-electron chi connectivity index (χ0n) is 8.69. The van der Waals surface area contributed by atoms with Gasteiger partial charge in [0.1, 0.15) is 11.1 Å². The van der Waals surface area contributed by atoms with Gasteiger partial charge in [-0.05, 0) is 30.7 Å². The number of Topliss-reactive ketones (excluding diaryl/α,β-unsaturated/α-hetero) is 1. The molecule has 0 atom stereocenters. The van der Waals surface area contributed by atoms with Crippen molar-refractivity contribution in [3.63, 3.8) is 0 Å². The molecule has 0 radical (unpaired) electrons. The van der Waals surface area contributed by atoms with Crippen LogP contribution in [0.15, 0.2) is 33.5 Å². The lowest BCUT2D eigenvalue weighted by Gasteiger charge is -2.01. The minimum absolute atomic E-state index is 0.0869. The summed E-state index contributed by atoms with van der Waals surface area (Å²) < 4.78 is 5.05. The molecule has 16 heavy (non-hydrogen) atoms. The van der Waals surface area contributed by atoms with Crippen molar-refractivity contribution in [1.29, 1.82) is 0 Å². The summed E-state index contributed by atoms with van der Waals surface area (Å²) in [6.07, 6.45) is 0. The summed E-state index contributed by atoms with van der Waals surface area (Å²) in [5.41, 5.74) is 1.00. The minimum Gasteiger partial charge on any atom is -0.422 e. The topological polar surface area (TPSA) is 47.3 Å². The van der Waals surface area contributed by atoms with E-state index in [4.69, 9.17) is 4.42 Å². The van der Waals surface area contributed by atoms with Crippen molar-refractivity contribution in [1.82, 2.24) is 0 Å². The average Bonchev–Trinajstić information content (AvgIpc) is 2.27. The van der Waals surface area contributed by atoms with Crippen LogP contribution < -0.4 is 5.63 Å². The van der Waals surface area contributed by atoms with Gasteiger partial charge in [0.05, 0.1) is 0 Å². The Balaban J connectivity index is 2.75. The third kappa shape index (κ3) is 1.88. The monoisotopic (exact) mass is 234 g/mol. The van der Waals surface area contributed by atoms with Crippen molar-refractivity contribution in [2.24, 2.45) is 0 Å². The van der Waals surface area contributed by atoms with Crippen LogP contribution in [0.5, 0.6) is 0 Å². The third-order valence-corrected chi connectivity index (χ3v) is 2.72. The van der Waals surface area contributed by atoms with Crippen molar-refractivity contribution < 1.29 is 9.21 Å². The molecule has 0 fully saturated rings. The van der Waals surface area contributed by atoms with Crippen LogP contribution >= 0.6 is 12.6 Å². The van der Waals surface area contributed by atoms with E-state index in [0.29, 0.717) is 11.3 Å². The molecule has 82 valence electrons. The van der Waals surface area contributed by atoms with E-state index < -0.39 is 5.63 Å². The molecule has 0 saturated heterocycles. The summed E-state index contributed by atoms with van der Waals surface area (Å²) in [4.78, 5) is 22.6. The second-order valence-electron chi connectivity index (χ2n) is 3.53. The van der Waals surface area contributed by atoms with Gasteiger partial charge in [0.15, 0.2) is 5.78 Å². The number of rotatable bonds is 2. The lowest BCUT2D eigenvalue weighted by Crippen LogP contribution is -2.10.